The van der Waals surface area contributed by atoms with Crippen LogP contribution in [0.25, 0.3) is 11.0 Å². The lowest BCUT2D eigenvalue weighted by Crippen LogP contribution is -2.16. The molecule has 0 amide bonds. The molecule has 2 aromatic rings. The molecule has 18 heavy (non-hydrogen) atoms. The molecular weight excluding hydrogens is 222 g/mol. The van der Waals surface area contributed by atoms with Crippen molar-refractivity contribution in [1.82, 2.24) is 9.55 Å². The van der Waals surface area contributed by atoms with E-state index in [1.807, 2.05) is 0 Å². The molecule has 0 bridgehead atoms. The number of fused-ring (bicyclic) bond motifs is 1. The van der Waals surface area contributed by atoms with Crippen molar-refractivity contribution in [2.75, 3.05) is 0 Å². The second-order valence-electron chi connectivity index (χ2n) is 5.64. The van der Waals surface area contributed by atoms with Gasteiger partial charge in [0.05, 0.1) is 11.0 Å². The molecule has 3 nitrogen and oxygen atoms in total. The van der Waals surface area contributed by atoms with Crippen LogP contribution in [0.1, 0.15) is 43.6 Å². The van der Waals surface area contributed by atoms with Crippen LogP contribution >= 0.6 is 0 Å². The molecular formula is C15H21N3. The summed E-state index contributed by atoms with van der Waals surface area (Å²) < 4.78 is 2.44. The summed E-state index contributed by atoms with van der Waals surface area (Å²) in [5.74, 6) is 1.22. The van der Waals surface area contributed by atoms with E-state index < -0.39 is 0 Å². The molecule has 3 heteroatoms. The number of aryl methyl sites for hydroxylation is 2. The van der Waals surface area contributed by atoms with E-state index >= 15 is 0 Å². The van der Waals surface area contributed by atoms with Crippen molar-refractivity contribution in [1.29, 1.82) is 0 Å². The third-order valence-electron chi connectivity index (χ3n) is 3.65. The Bertz CT molecular complexity index is 564. The van der Waals surface area contributed by atoms with Crippen LogP contribution in [0, 0.1) is 6.92 Å². The Labute approximate surface area is 108 Å². The van der Waals surface area contributed by atoms with Crippen LogP contribution in [0.3, 0.4) is 0 Å². The molecule has 0 spiro atoms. The van der Waals surface area contributed by atoms with Crippen molar-refractivity contribution in [2.45, 2.75) is 51.6 Å². The van der Waals surface area contributed by atoms with E-state index in [1.165, 1.54) is 29.7 Å². The third kappa shape index (κ3) is 2.15. The first-order valence-corrected chi connectivity index (χ1v) is 6.88. The number of aromatic nitrogens is 2. The van der Waals surface area contributed by atoms with Crippen LogP contribution in [0.5, 0.6) is 0 Å². The molecule has 2 N–H and O–H groups in total. The number of rotatable bonds is 4. The summed E-state index contributed by atoms with van der Waals surface area (Å²) in [5.41, 5.74) is 9.58. The Balaban J connectivity index is 2.03. The molecule has 1 atom stereocenters. The minimum atomic E-state index is 0.249. The molecule has 3 rings (SSSR count). The van der Waals surface area contributed by atoms with Crippen LogP contribution in [0.2, 0.25) is 0 Å². The lowest BCUT2D eigenvalue weighted by Gasteiger charge is -2.08. The van der Waals surface area contributed by atoms with E-state index in [1.54, 1.807) is 0 Å². The lowest BCUT2D eigenvalue weighted by atomic mass is 10.2. The summed E-state index contributed by atoms with van der Waals surface area (Å²) in [6.07, 6.45) is 4.59. The van der Waals surface area contributed by atoms with Crippen LogP contribution < -0.4 is 5.73 Å². The molecule has 0 saturated heterocycles. The van der Waals surface area contributed by atoms with Gasteiger partial charge in [-0.25, -0.2) is 4.98 Å². The zero-order chi connectivity index (χ0) is 12.7. The predicted octanol–water partition coefficient (Wildman–Crippen LogP) is 2.96. The number of imidazole rings is 1. The smallest absolute Gasteiger partial charge is 0.110 e. The molecule has 1 aromatic heterocycles. The fourth-order valence-corrected chi connectivity index (χ4v) is 2.53. The Hall–Kier alpha value is -1.35. The van der Waals surface area contributed by atoms with Crippen LogP contribution in [0.4, 0.5) is 0 Å². The summed E-state index contributed by atoms with van der Waals surface area (Å²) in [7, 11) is 0. The van der Waals surface area contributed by atoms with Gasteiger partial charge in [-0.05, 0) is 50.8 Å². The van der Waals surface area contributed by atoms with Gasteiger partial charge in [-0.3, -0.25) is 0 Å². The fraction of sp³-hybridized carbons (Fsp3) is 0.533. The molecule has 96 valence electrons. The number of nitrogens with two attached hydrogens (primary N) is 1. The van der Waals surface area contributed by atoms with E-state index in [0.717, 1.165) is 18.4 Å². The maximum atomic E-state index is 5.86. The van der Waals surface area contributed by atoms with Crippen LogP contribution in [0.15, 0.2) is 18.2 Å². The quantitative estimate of drug-likeness (QED) is 0.897. The third-order valence-corrected chi connectivity index (χ3v) is 3.65. The van der Waals surface area contributed by atoms with Gasteiger partial charge in [-0.2, -0.15) is 0 Å². The molecule has 1 aromatic carbocycles. The summed E-state index contributed by atoms with van der Waals surface area (Å²) in [4.78, 5) is 4.81. The van der Waals surface area contributed by atoms with Crippen molar-refractivity contribution >= 4 is 11.0 Å². The van der Waals surface area contributed by atoms with Gasteiger partial charge in [0.2, 0.25) is 0 Å². The first-order valence-electron chi connectivity index (χ1n) is 6.88. The average Bonchev–Trinajstić information content (AvgIpc) is 3.08. The molecule has 1 aliphatic carbocycles. The highest BCUT2D eigenvalue weighted by Gasteiger charge is 2.27. The fourth-order valence-electron chi connectivity index (χ4n) is 2.53. The minimum Gasteiger partial charge on any atom is -0.328 e. The Morgan fingerprint density at radius 1 is 1.44 bits per heavy atom. The van der Waals surface area contributed by atoms with Gasteiger partial charge >= 0.3 is 0 Å². The van der Waals surface area contributed by atoms with Gasteiger partial charge in [-0.1, -0.05) is 6.07 Å². The zero-order valence-corrected chi connectivity index (χ0v) is 11.2. The van der Waals surface area contributed by atoms with Crippen LogP contribution in [-0.4, -0.2) is 15.6 Å². The molecule has 0 aliphatic heterocycles. The topological polar surface area (TPSA) is 43.8 Å². The van der Waals surface area contributed by atoms with Crippen LogP contribution in [-0.2, 0) is 6.42 Å². The van der Waals surface area contributed by atoms with Gasteiger partial charge in [0.25, 0.3) is 0 Å². The van der Waals surface area contributed by atoms with Gasteiger partial charge in [0, 0.05) is 18.5 Å². The molecule has 1 fully saturated rings. The number of hydrogen-bond donors (Lipinski definition) is 1. The SMILES string of the molecule is Cc1ccc2c(c1)nc(CCC(C)N)n2C1CC1. The zero-order valence-electron chi connectivity index (χ0n) is 11.2. The van der Waals surface area contributed by atoms with Gasteiger partial charge < -0.3 is 10.3 Å². The van der Waals surface area contributed by atoms with E-state index in [4.69, 9.17) is 10.7 Å². The molecule has 1 saturated carbocycles. The molecule has 0 radical (unpaired) electrons. The van der Waals surface area contributed by atoms with Crippen molar-refractivity contribution < 1.29 is 0 Å². The minimum absolute atomic E-state index is 0.249. The van der Waals surface area contributed by atoms with E-state index in [9.17, 15) is 0 Å². The van der Waals surface area contributed by atoms with Gasteiger partial charge in [-0.15, -0.1) is 0 Å². The highest BCUT2D eigenvalue weighted by molar-refractivity contribution is 5.77. The van der Waals surface area contributed by atoms with E-state index in [2.05, 4.69) is 36.6 Å². The molecule has 1 aliphatic rings. The first-order chi connectivity index (χ1) is 8.65. The second-order valence-corrected chi connectivity index (χ2v) is 5.64. The maximum absolute atomic E-state index is 5.86. The van der Waals surface area contributed by atoms with Gasteiger partial charge in [0.1, 0.15) is 5.82 Å². The van der Waals surface area contributed by atoms with Crippen molar-refractivity contribution in [3.63, 3.8) is 0 Å². The van der Waals surface area contributed by atoms with Gasteiger partial charge in [0.15, 0.2) is 0 Å². The second kappa shape index (κ2) is 4.39. The normalized spacial score (nSPS) is 17.3. The monoisotopic (exact) mass is 243 g/mol. The summed E-state index contributed by atoms with van der Waals surface area (Å²) in [6.45, 7) is 4.19. The Kier molecular flexibility index (Phi) is 2.86. The van der Waals surface area contributed by atoms with Crippen molar-refractivity contribution in [3.05, 3.63) is 29.6 Å². The average molecular weight is 243 g/mol. The number of hydrogen-bond acceptors (Lipinski definition) is 2. The van der Waals surface area contributed by atoms with E-state index in [-0.39, 0.29) is 6.04 Å². The molecule has 1 unspecified atom stereocenters. The highest BCUT2D eigenvalue weighted by atomic mass is 15.1. The molecule has 1 heterocycles. The number of benzene rings is 1. The first kappa shape index (κ1) is 11.7. The Morgan fingerprint density at radius 2 is 2.22 bits per heavy atom. The largest absolute Gasteiger partial charge is 0.328 e. The van der Waals surface area contributed by atoms with Crippen molar-refractivity contribution in [2.24, 2.45) is 5.73 Å². The highest BCUT2D eigenvalue weighted by Crippen LogP contribution is 2.39. The number of nitrogens with zero attached hydrogens (tertiary/aromatic N) is 2. The maximum Gasteiger partial charge on any atom is 0.110 e. The summed E-state index contributed by atoms with van der Waals surface area (Å²) >= 11 is 0. The standard InChI is InChI=1S/C15H21N3/c1-10-3-7-14-13(9-10)17-15(8-4-11(2)16)18(14)12-5-6-12/h3,7,9,11-12H,4-6,8,16H2,1-2H3. The van der Waals surface area contributed by atoms with E-state index in [0.29, 0.717) is 6.04 Å². The summed E-state index contributed by atoms with van der Waals surface area (Å²) in [5, 5.41) is 0. The summed E-state index contributed by atoms with van der Waals surface area (Å²) in [6, 6.07) is 7.51. The Morgan fingerprint density at radius 3 is 2.89 bits per heavy atom. The van der Waals surface area contributed by atoms with Crippen molar-refractivity contribution in [3.8, 4) is 0 Å². The predicted molar refractivity (Wildman–Crippen MR) is 74.7 cm³/mol. The lowest BCUT2D eigenvalue weighted by molar-refractivity contribution is 0.615.